The van der Waals surface area contributed by atoms with Gasteiger partial charge < -0.3 is 4.74 Å². The lowest BCUT2D eigenvalue weighted by Gasteiger charge is -2.21. The maximum Gasteiger partial charge on any atom is 0.0959 e. The number of halogens is 3. The molecular formula is C21H16Cl3NO. The average molecular weight is 405 g/mol. The second-order valence-electron chi connectivity index (χ2n) is 6.42. The average Bonchev–Trinajstić information content (AvgIpc) is 3.44. The second-order valence-corrected chi connectivity index (χ2v) is 7.67. The van der Waals surface area contributed by atoms with Crippen LogP contribution in [-0.2, 0) is 16.9 Å². The highest BCUT2D eigenvalue weighted by Gasteiger charge is 2.47. The molecular weight excluding hydrogens is 389 g/mol. The Morgan fingerprint density at radius 3 is 2.50 bits per heavy atom. The molecule has 0 spiro atoms. The van der Waals surface area contributed by atoms with Crippen LogP contribution in [0.4, 0.5) is 0 Å². The summed E-state index contributed by atoms with van der Waals surface area (Å²) >= 11 is 18.8. The van der Waals surface area contributed by atoms with Crippen LogP contribution in [0.3, 0.4) is 0 Å². The molecule has 0 saturated heterocycles. The zero-order valence-corrected chi connectivity index (χ0v) is 16.2. The fraction of sp³-hybridized carbons (Fsp3) is 0.190. The lowest BCUT2D eigenvalue weighted by Crippen LogP contribution is -2.14. The summed E-state index contributed by atoms with van der Waals surface area (Å²) in [7, 11) is 0. The van der Waals surface area contributed by atoms with Crippen molar-refractivity contribution in [3.05, 3.63) is 87.1 Å². The number of ether oxygens (including phenoxy) is 1. The first-order valence-corrected chi connectivity index (χ1v) is 9.50. The van der Waals surface area contributed by atoms with Crippen molar-refractivity contribution in [3.63, 3.8) is 0 Å². The SMILES string of the molecule is Clc1ccc(Cl)c(COC2(c3cnccc3-c3ccccc3Cl)CC2)c1. The topological polar surface area (TPSA) is 22.1 Å². The first kappa shape index (κ1) is 17.8. The molecule has 5 heteroatoms. The van der Waals surface area contributed by atoms with E-state index in [4.69, 9.17) is 39.5 Å². The van der Waals surface area contributed by atoms with Crippen LogP contribution >= 0.6 is 34.8 Å². The van der Waals surface area contributed by atoms with E-state index in [0.717, 1.165) is 35.1 Å². The normalized spacial score (nSPS) is 15.0. The number of hydrogen-bond acceptors (Lipinski definition) is 2. The quantitative estimate of drug-likeness (QED) is 0.460. The summed E-state index contributed by atoms with van der Waals surface area (Å²) in [6.45, 7) is 0.399. The summed E-state index contributed by atoms with van der Waals surface area (Å²) in [6, 6.07) is 15.2. The van der Waals surface area contributed by atoms with E-state index in [1.54, 1.807) is 18.3 Å². The van der Waals surface area contributed by atoms with E-state index in [2.05, 4.69) is 4.98 Å². The van der Waals surface area contributed by atoms with Gasteiger partial charge in [-0.15, -0.1) is 0 Å². The van der Waals surface area contributed by atoms with Gasteiger partial charge in [-0.3, -0.25) is 4.98 Å². The van der Waals surface area contributed by atoms with E-state index in [9.17, 15) is 0 Å². The van der Waals surface area contributed by atoms with E-state index in [1.807, 2.05) is 42.6 Å². The van der Waals surface area contributed by atoms with Gasteiger partial charge in [-0.25, -0.2) is 0 Å². The van der Waals surface area contributed by atoms with Crippen molar-refractivity contribution >= 4 is 34.8 Å². The zero-order valence-electron chi connectivity index (χ0n) is 13.9. The molecule has 132 valence electrons. The number of hydrogen-bond donors (Lipinski definition) is 0. The highest BCUT2D eigenvalue weighted by atomic mass is 35.5. The molecule has 0 N–H and O–H groups in total. The van der Waals surface area contributed by atoms with Crippen LogP contribution in [0.25, 0.3) is 11.1 Å². The smallest absolute Gasteiger partial charge is 0.0959 e. The highest BCUT2D eigenvalue weighted by molar-refractivity contribution is 6.33. The molecule has 2 aromatic carbocycles. The Morgan fingerprint density at radius 1 is 0.923 bits per heavy atom. The summed E-state index contributed by atoms with van der Waals surface area (Å²) < 4.78 is 6.32. The number of nitrogens with zero attached hydrogens (tertiary/aromatic N) is 1. The van der Waals surface area contributed by atoms with Gasteiger partial charge in [0.1, 0.15) is 0 Å². The van der Waals surface area contributed by atoms with Crippen molar-refractivity contribution in [1.82, 2.24) is 4.98 Å². The first-order valence-electron chi connectivity index (χ1n) is 8.36. The van der Waals surface area contributed by atoms with Gasteiger partial charge in [0.05, 0.1) is 12.2 Å². The minimum Gasteiger partial charge on any atom is -0.365 e. The fourth-order valence-electron chi connectivity index (χ4n) is 3.15. The van der Waals surface area contributed by atoms with Crippen molar-refractivity contribution in [1.29, 1.82) is 0 Å². The third-order valence-electron chi connectivity index (χ3n) is 4.69. The Labute approximate surface area is 167 Å². The highest BCUT2D eigenvalue weighted by Crippen LogP contribution is 2.53. The molecule has 1 heterocycles. The van der Waals surface area contributed by atoms with Crippen LogP contribution in [0.1, 0.15) is 24.0 Å². The molecule has 1 saturated carbocycles. The lowest BCUT2D eigenvalue weighted by atomic mass is 9.97. The largest absolute Gasteiger partial charge is 0.365 e. The Balaban J connectivity index is 1.66. The molecule has 1 aliphatic rings. The first-order chi connectivity index (χ1) is 12.6. The number of rotatable bonds is 5. The van der Waals surface area contributed by atoms with Gasteiger partial charge in [-0.05, 0) is 54.3 Å². The lowest BCUT2D eigenvalue weighted by molar-refractivity contribution is 0.0174. The third-order valence-corrected chi connectivity index (χ3v) is 5.63. The minimum absolute atomic E-state index is 0.353. The van der Waals surface area contributed by atoms with Crippen LogP contribution in [-0.4, -0.2) is 4.98 Å². The molecule has 0 bridgehead atoms. The minimum atomic E-state index is -0.353. The van der Waals surface area contributed by atoms with Crippen molar-refractivity contribution in [2.75, 3.05) is 0 Å². The van der Waals surface area contributed by atoms with Crippen molar-refractivity contribution in [3.8, 4) is 11.1 Å². The molecule has 2 nitrogen and oxygen atoms in total. The Morgan fingerprint density at radius 2 is 1.73 bits per heavy atom. The number of benzene rings is 2. The summed E-state index contributed by atoms with van der Waals surface area (Å²) in [5, 5.41) is 2.02. The van der Waals surface area contributed by atoms with Gasteiger partial charge >= 0.3 is 0 Å². The van der Waals surface area contributed by atoms with E-state index >= 15 is 0 Å². The van der Waals surface area contributed by atoms with Gasteiger partial charge in [0.15, 0.2) is 0 Å². The summed E-state index contributed by atoms with van der Waals surface area (Å²) in [4.78, 5) is 4.32. The Bertz CT molecular complexity index is 953. The molecule has 0 unspecified atom stereocenters. The Hall–Kier alpha value is -1.58. The fourth-order valence-corrected chi connectivity index (χ4v) is 3.75. The van der Waals surface area contributed by atoms with Gasteiger partial charge in [-0.1, -0.05) is 53.0 Å². The molecule has 3 aromatic rings. The van der Waals surface area contributed by atoms with E-state index in [0.29, 0.717) is 21.7 Å². The zero-order chi connectivity index (χ0) is 18.1. The van der Waals surface area contributed by atoms with Gasteiger partial charge in [0, 0.05) is 38.6 Å². The van der Waals surface area contributed by atoms with Crippen LogP contribution in [0.2, 0.25) is 15.1 Å². The van der Waals surface area contributed by atoms with Crippen LogP contribution in [0, 0.1) is 0 Å². The molecule has 0 atom stereocenters. The van der Waals surface area contributed by atoms with Gasteiger partial charge in [-0.2, -0.15) is 0 Å². The summed E-state index contributed by atoms with van der Waals surface area (Å²) in [5.41, 5.74) is 3.64. The van der Waals surface area contributed by atoms with Crippen molar-refractivity contribution in [2.24, 2.45) is 0 Å². The van der Waals surface area contributed by atoms with Crippen molar-refractivity contribution < 1.29 is 4.74 Å². The number of aromatic nitrogens is 1. The van der Waals surface area contributed by atoms with Gasteiger partial charge in [0.2, 0.25) is 0 Å². The molecule has 1 fully saturated rings. The van der Waals surface area contributed by atoms with Crippen molar-refractivity contribution in [2.45, 2.75) is 25.0 Å². The van der Waals surface area contributed by atoms with Crippen LogP contribution in [0.15, 0.2) is 60.9 Å². The maximum absolute atomic E-state index is 6.42. The van der Waals surface area contributed by atoms with E-state index < -0.39 is 0 Å². The molecule has 4 rings (SSSR count). The van der Waals surface area contributed by atoms with Gasteiger partial charge in [0.25, 0.3) is 0 Å². The maximum atomic E-state index is 6.42. The van der Waals surface area contributed by atoms with Crippen LogP contribution in [0.5, 0.6) is 0 Å². The predicted octanol–water partition coefficient (Wildman–Crippen LogP) is 6.91. The van der Waals surface area contributed by atoms with E-state index in [-0.39, 0.29) is 5.60 Å². The monoisotopic (exact) mass is 403 g/mol. The Kier molecular flexibility index (Phi) is 4.94. The molecule has 1 aliphatic carbocycles. The molecule has 26 heavy (non-hydrogen) atoms. The predicted molar refractivity (Wildman–Crippen MR) is 107 cm³/mol. The summed E-state index contributed by atoms with van der Waals surface area (Å²) in [5.74, 6) is 0. The van der Waals surface area contributed by atoms with Crippen LogP contribution < -0.4 is 0 Å². The molecule has 0 aliphatic heterocycles. The number of pyridine rings is 1. The van der Waals surface area contributed by atoms with E-state index in [1.165, 1.54) is 0 Å². The standard InChI is InChI=1S/C21H16Cl3NO/c22-15-5-6-19(23)14(11-15)13-26-21(8-9-21)18-12-25-10-7-16(18)17-3-1-2-4-20(17)24/h1-7,10-12H,8-9,13H2. The third kappa shape index (κ3) is 3.47. The summed E-state index contributed by atoms with van der Waals surface area (Å²) in [6.07, 6.45) is 5.54. The second kappa shape index (κ2) is 7.21. The molecule has 0 radical (unpaired) electrons. The molecule has 1 aromatic heterocycles. The molecule has 0 amide bonds.